The van der Waals surface area contributed by atoms with E-state index in [2.05, 4.69) is 17.4 Å². The fourth-order valence-electron chi connectivity index (χ4n) is 1.85. The molecule has 1 aliphatic rings. The van der Waals surface area contributed by atoms with Gasteiger partial charge in [-0.25, -0.2) is 5.32 Å². The van der Waals surface area contributed by atoms with Gasteiger partial charge in [0, 0.05) is 6.54 Å². The molecule has 0 spiro atoms. The minimum Gasteiger partial charge on any atom is -0.464 e. The van der Waals surface area contributed by atoms with Crippen molar-refractivity contribution >= 4 is 5.97 Å². The van der Waals surface area contributed by atoms with Crippen LogP contribution in [0, 0.1) is 0 Å². The molecule has 1 aromatic rings. The molecule has 1 unspecified atom stereocenters. The van der Waals surface area contributed by atoms with Crippen molar-refractivity contribution < 1.29 is 14.3 Å². The van der Waals surface area contributed by atoms with E-state index in [9.17, 15) is 4.79 Å². The van der Waals surface area contributed by atoms with E-state index in [4.69, 9.17) is 9.47 Å². The lowest BCUT2D eigenvalue weighted by molar-refractivity contribution is -0.149. The van der Waals surface area contributed by atoms with Crippen LogP contribution >= 0.6 is 0 Å². The number of hydrogen-bond donors (Lipinski definition) is 0. The number of morpholine rings is 1. The molecule has 0 saturated carbocycles. The predicted molar refractivity (Wildman–Crippen MR) is 67.3 cm³/mol. The van der Waals surface area contributed by atoms with E-state index >= 15 is 0 Å². The van der Waals surface area contributed by atoms with Crippen molar-refractivity contribution in [3.05, 3.63) is 35.9 Å². The monoisotopic (exact) mass is 248 g/mol. The lowest BCUT2D eigenvalue weighted by atomic mass is 10.1. The summed E-state index contributed by atoms with van der Waals surface area (Å²) in [5, 5.41) is 4.17. The molecule has 1 saturated heterocycles. The summed E-state index contributed by atoms with van der Waals surface area (Å²) in [5.41, 5.74) is 1.26. The third kappa shape index (κ3) is 4.13. The number of aryl methyl sites for hydroxylation is 1. The van der Waals surface area contributed by atoms with E-state index in [0.29, 0.717) is 26.4 Å². The highest BCUT2D eigenvalue weighted by Gasteiger charge is 2.23. The first-order chi connectivity index (χ1) is 8.86. The summed E-state index contributed by atoms with van der Waals surface area (Å²) in [6, 6.07) is 9.75. The topological polar surface area (TPSA) is 49.6 Å². The molecule has 0 aromatic heterocycles. The lowest BCUT2D eigenvalue weighted by Gasteiger charge is -2.20. The second-order valence-corrected chi connectivity index (χ2v) is 4.25. The van der Waals surface area contributed by atoms with Crippen molar-refractivity contribution in [2.45, 2.75) is 18.9 Å². The molecular formula is C14H18NO3. The summed E-state index contributed by atoms with van der Waals surface area (Å²) in [6.45, 7) is 2.00. The van der Waals surface area contributed by atoms with Gasteiger partial charge in [0.25, 0.3) is 0 Å². The SMILES string of the molecule is O=C(OCCCc1ccccc1)C1COCC[N]1. The molecule has 1 radical (unpaired) electrons. The van der Waals surface area contributed by atoms with Gasteiger partial charge in [0.2, 0.25) is 0 Å². The molecule has 0 bridgehead atoms. The van der Waals surface area contributed by atoms with Gasteiger partial charge in [-0.2, -0.15) is 0 Å². The highest BCUT2D eigenvalue weighted by molar-refractivity contribution is 5.76. The van der Waals surface area contributed by atoms with E-state index < -0.39 is 6.04 Å². The molecule has 2 rings (SSSR count). The molecule has 0 amide bonds. The normalized spacial score (nSPS) is 19.4. The first-order valence-corrected chi connectivity index (χ1v) is 6.31. The van der Waals surface area contributed by atoms with Crippen LogP contribution in [-0.2, 0) is 20.7 Å². The number of hydrogen-bond acceptors (Lipinski definition) is 3. The quantitative estimate of drug-likeness (QED) is 0.580. The van der Waals surface area contributed by atoms with Gasteiger partial charge in [-0.1, -0.05) is 30.3 Å². The molecule has 0 aliphatic carbocycles. The maximum atomic E-state index is 11.6. The Hall–Kier alpha value is -1.39. The summed E-state index contributed by atoms with van der Waals surface area (Å²) in [4.78, 5) is 11.6. The van der Waals surface area contributed by atoms with Crippen LogP contribution in [0.5, 0.6) is 0 Å². The van der Waals surface area contributed by atoms with Crippen LogP contribution in [0.4, 0.5) is 0 Å². The first kappa shape index (κ1) is 13.1. The van der Waals surface area contributed by atoms with Crippen molar-refractivity contribution in [1.29, 1.82) is 0 Å². The van der Waals surface area contributed by atoms with Crippen LogP contribution in [0.3, 0.4) is 0 Å². The number of ether oxygens (including phenoxy) is 2. The number of benzene rings is 1. The first-order valence-electron chi connectivity index (χ1n) is 6.31. The molecule has 4 nitrogen and oxygen atoms in total. The molecule has 1 fully saturated rings. The van der Waals surface area contributed by atoms with Crippen LogP contribution < -0.4 is 5.32 Å². The van der Waals surface area contributed by atoms with Crippen molar-refractivity contribution in [3.8, 4) is 0 Å². The van der Waals surface area contributed by atoms with E-state index in [-0.39, 0.29) is 5.97 Å². The lowest BCUT2D eigenvalue weighted by Crippen LogP contribution is -2.42. The zero-order valence-electron chi connectivity index (χ0n) is 10.4. The zero-order valence-corrected chi connectivity index (χ0v) is 10.4. The van der Waals surface area contributed by atoms with Gasteiger partial charge in [-0.15, -0.1) is 0 Å². The Kier molecular flexibility index (Phi) is 5.17. The van der Waals surface area contributed by atoms with Crippen molar-refractivity contribution in [1.82, 2.24) is 5.32 Å². The summed E-state index contributed by atoms with van der Waals surface area (Å²) >= 11 is 0. The summed E-state index contributed by atoms with van der Waals surface area (Å²) in [6.07, 6.45) is 1.76. The number of esters is 1. The molecule has 1 heterocycles. The van der Waals surface area contributed by atoms with Gasteiger partial charge in [0.15, 0.2) is 0 Å². The fraction of sp³-hybridized carbons (Fsp3) is 0.500. The number of carbonyl (C=O) groups excluding carboxylic acids is 1. The van der Waals surface area contributed by atoms with Crippen molar-refractivity contribution in [2.24, 2.45) is 0 Å². The van der Waals surface area contributed by atoms with Gasteiger partial charge < -0.3 is 9.47 Å². The Labute approximate surface area is 107 Å². The summed E-state index contributed by atoms with van der Waals surface area (Å²) < 4.78 is 10.4. The van der Waals surface area contributed by atoms with Gasteiger partial charge in [0.1, 0.15) is 6.04 Å². The van der Waals surface area contributed by atoms with E-state index in [1.165, 1.54) is 5.56 Å². The van der Waals surface area contributed by atoms with E-state index in [0.717, 1.165) is 12.8 Å². The maximum absolute atomic E-state index is 11.6. The highest BCUT2D eigenvalue weighted by atomic mass is 16.5. The summed E-state index contributed by atoms with van der Waals surface area (Å²) in [7, 11) is 0. The number of carbonyl (C=O) groups is 1. The Balaban J connectivity index is 1.61. The molecule has 4 heteroatoms. The molecular weight excluding hydrogens is 230 g/mol. The Morgan fingerprint density at radius 3 is 2.94 bits per heavy atom. The Morgan fingerprint density at radius 1 is 1.39 bits per heavy atom. The second kappa shape index (κ2) is 7.13. The van der Waals surface area contributed by atoms with E-state index in [1.807, 2.05) is 18.2 Å². The van der Waals surface area contributed by atoms with Crippen LogP contribution in [0.2, 0.25) is 0 Å². The summed E-state index contributed by atoms with van der Waals surface area (Å²) in [5.74, 6) is -0.261. The van der Waals surface area contributed by atoms with Gasteiger partial charge in [0.05, 0.1) is 19.8 Å². The second-order valence-electron chi connectivity index (χ2n) is 4.25. The fourth-order valence-corrected chi connectivity index (χ4v) is 1.85. The highest BCUT2D eigenvalue weighted by Crippen LogP contribution is 2.03. The number of rotatable bonds is 5. The molecule has 1 aliphatic heterocycles. The van der Waals surface area contributed by atoms with Gasteiger partial charge in [-0.05, 0) is 18.4 Å². The smallest absolute Gasteiger partial charge is 0.327 e. The van der Waals surface area contributed by atoms with Crippen LogP contribution in [-0.4, -0.2) is 38.4 Å². The molecule has 18 heavy (non-hydrogen) atoms. The maximum Gasteiger partial charge on any atom is 0.327 e. The third-order valence-corrected chi connectivity index (χ3v) is 2.83. The van der Waals surface area contributed by atoms with E-state index in [1.54, 1.807) is 0 Å². The molecule has 97 valence electrons. The number of nitrogens with zero attached hydrogens (tertiary/aromatic N) is 1. The van der Waals surface area contributed by atoms with Crippen LogP contribution in [0.15, 0.2) is 30.3 Å². The van der Waals surface area contributed by atoms with Gasteiger partial charge in [-0.3, -0.25) is 4.79 Å². The van der Waals surface area contributed by atoms with Crippen LogP contribution in [0.25, 0.3) is 0 Å². The van der Waals surface area contributed by atoms with Gasteiger partial charge >= 0.3 is 5.97 Å². The largest absolute Gasteiger partial charge is 0.464 e. The Bertz CT molecular complexity index is 361. The minimum absolute atomic E-state index is 0.261. The van der Waals surface area contributed by atoms with Crippen LogP contribution in [0.1, 0.15) is 12.0 Å². The predicted octanol–water partition coefficient (Wildman–Crippen LogP) is 1.17. The average Bonchev–Trinajstić information content (AvgIpc) is 2.45. The van der Waals surface area contributed by atoms with Crippen molar-refractivity contribution in [3.63, 3.8) is 0 Å². The third-order valence-electron chi connectivity index (χ3n) is 2.83. The Morgan fingerprint density at radius 2 is 2.22 bits per heavy atom. The minimum atomic E-state index is -0.421. The zero-order chi connectivity index (χ0) is 12.6. The molecule has 0 N–H and O–H groups in total. The molecule has 1 aromatic carbocycles. The molecule has 1 atom stereocenters. The average molecular weight is 248 g/mol. The standard InChI is InChI=1S/C14H18NO3/c16-14(13-11-17-10-8-15-13)18-9-4-7-12-5-2-1-3-6-12/h1-3,5-6,13H,4,7-11H2. The van der Waals surface area contributed by atoms with Crippen molar-refractivity contribution in [2.75, 3.05) is 26.4 Å².